The van der Waals surface area contributed by atoms with Crippen molar-refractivity contribution in [2.75, 3.05) is 0 Å². The number of phenols is 1. The van der Waals surface area contributed by atoms with Gasteiger partial charge < -0.3 is 9.66 Å². The SMILES string of the molecule is O=S(=O)([O-])c1cc[c-]c(N=Nc2c[c-]c3c[c-]cc(O)c3c2)c1.O=S(=O)=O.O=S(=O)=O.O=S(=O)=O.[Na+].[Na+].[Na+].[Na+]. The zero-order valence-corrected chi connectivity index (χ0v) is 31.7. The Morgan fingerprint density at radius 3 is 1.69 bits per heavy atom. The second-order valence-corrected chi connectivity index (χ2v) is 7.81. The first-order valence-electron chi connectivity index (χ1n) is 7.87. The van der Waals surface area contributed by atoms with Crippen molar-refractivity contribution in [1.82, 2.24) is 0 Å². The van der Waals surface area contributed by atoms with Gasteiger partial charge in [-0.1, -0.05) is 4.90 Å². The van der Waals surface area contributed by atoms with Crippen LogP contribution in [0.3, 0.4) is 0 Å². The van der Waals surface area contributed by atoms with E-state index >= 15 is 0 Å². The van der Waals surface area contributed by atoms with Gasteiger partial charge in [0.05, 0.1) is 0 Å². The van der Waals surface area contributed by atoms with Crippen molar-refractivity contribution in [1.29, 1.82) is 0 Å². The molecule has 0 aromatic heterocycles. The van der Waals surface area contributed by atoms with E-state index in [1.54, 1.807) is 18.2 Å². The molecule has 3 aromatic rings. The van der Waals surface area contributed by atoms with Crippen LogP contribution in [0.15, 0.2) is 57.6 Å². The van der Waals surface area contributed by atoms with Crippen LogP contribution in [0.4, 0.5) is 11.4 Å². The van der Waals surface area contributed by atoms with Crippen molar-refractivity contribution in [2.45, 2.75) is 4.90 Å². The Labute approximate surface area is 315 Å². The Balaban J connectivity index is -0.000000206. The molecule has 0 aliphatic rings. The van der Waals surface area contributed by atoms with Crippen LogP contribution < -0.4 is 118 Å². The summed E-state index contributed by atoms with van der Waals surface area (Å²) in [6.07, 6.45) is 0. The second-order valence-electron chi connectivity index (χ2n) is 5.20. The van der Waals surface area contributed by atoms with Gasteiger partial charge in [-0.15, -0.1) is 56.1 Å². The third kappa shape index (κ3) is 25.5. The van der Waals surface area contributed by atoms with Crippen molar-refractivity contribution in [3.63, 3.8) is 0 Å². The molecule has 0 unspecified atom stereocenters. The fourth-order valence-corrected chi connectivity index (χ4v) is 2.42. The molecule has 0 aliphatic carbocycles. The minimum atomic E-state index is -4.56. The fourth-order valence-electron chi connectivity index (χ4n) is 1.93. The summed E-state index contributed by atoms with van der Waals surface area (Å²) in [6.45, 7) is 0. The first-order chi connectivity index (χ1) is 16.1. The summed E-state index contributed by atoms with van der Waals surface area (Å²) in [5.41, 5.74) is 0.510. The van der Waals surface area contributed by atoms with Crippen molar-refractivity contribution in [2.24, 2.45) is 10.2 Å². The predicted octanol–water partition coefficient (Wildman–Crippen LogP) is -11.7. The Morgan fingerprint density at radius 1 is 0.744 bits per heavy atom. The quantitative estimate of drug-likeness (QED) is 0.119. The monoisotopic (exact) mass is 656 g/mol. The number of phenolic OH excluding ortho intramolecular Hbond substituents is 1. The molecule has 23 heteroatoms. The van der Waals surface area contributed by atoms with Gasteiger partial charge in [0.1, 0.15) is 10.1 Å². The standard InChI is InChI=1S/C16H9N2O4S.4Na.3O3S/c19-16-6-1-3-11-7-8-13(10-15(11)16)18-17-12-4-2-5-14(9-12)23(20,21)22;;;;;3*1-4(2)3/h2-3,5-6,8-10,19H,(H,20,21,22);;;;;;;/q-3;4*+1;;;/p-1. The van der Waals surface area contributed by atoms with E-state index in [2.05, 4.69) is 28.4 Å². The summed E-state index contributed by atoms with van der Waals surface area (Å²) >= 11 is 0. The van der Waals surface area contributed by atoms with Gasteiger partial charge in [-0.2, -0.15) is 34.8 Å². The molecule has 15 nitrogen and oxygen atoms in total. The van der Waals surface area contributed by atoms with Crippen LogP contribution in [-0.2, 0) is 41.9 Å². The van der Waals surface area contributed by atoms with Crippen molar-refractivity contribution in [3.05, 3.63) is 60.7 Å². The van der Waals surface area contributed by atoms with Crippen LogP contribution in [0.5, 0.6) is 5.75 Å². The van der Waals surface area contributed by atoms with Crippen molar-refractivity contribution < 1.29 is 174 Å². The van der Waals surface area contributed by atoms with Gasteiger partial charge in [0.25, 0.3) is 0 Å². The number of azo groups is 1. The van der Waals surface area contributed by atoms with Gasteiger partial charge in [-0.05, 0) is 11.4 Å². The maximum absolute atomic E-state index is 11.0. The molecule has 3 rings (SSSR count). The number of benzene rings is 3. The molecular formula is C16H8N2Na4O13S4. The summed E-state index contributed by atoms with van der Waals surface area (Å²) in [7, 11) is -13.9. The number of hydrogen-bond donors (Lipinski definition) is 1. The van der Waals surface area contributed by atoms with E-state index in [4.69, 9.17) is 37.9 Å². The molecule has 0 bridgehead atoms. The topological polar surface area (TPSA) is 256 Å². The van der Waals surface area contributed by atoms with E-state index in [1.807, 2.05) is 0 Å². The Morgan fingerprint density at radius 2 is 1.23 bits per heavy atom. The van der Waals surface area contributed by atoms with Crippen molar-refractivity contribution >= 4 is 64.1 Å². The summed E-state index contributed by atoms with van der Waals surface area (Å²) in [5, 5.41) is 18.8. The zero-order valence-electron chi connectivity index (χ0n) is 20.4. The molecule has 0 fully saturated rings. The predicted molar refractivity (Wildman–Crippen MR) is 110 cm³/mol. The molecule has 0 amide bonds. The van der Waals surface area contributed by atoms with E-state index in [1.165, 1.54) is 12.1 Å². The molecule has 0 atom stereocenters. The van der Waals surface area contributed by atoms with Gasteiger partial charge in [0.15, 0.2) is 0 Å². The average Bonchev–Trinajstić information content (AvgIpc) is 2.71. The fraction of sp³-hybridized carbons (Fsp3) is 0. The summed E-state index contributed by atoms with van der Waals surface area (Å²) in [6, 6.07) is 18.2. The number of rotatable bonds is 3. The molecule has 0 heterocycles. The van der Waals surface area contributed by atoms with Crippen LogP contribution in [-0.4, -0.2) is 56.0 Å². The largest absolute Gasteiger partial charge is 1.00 e. The Bertz CT molecular complexity index is 1580. The molecule has 1 N–H and O–H groups in total. The molecule has 188 valence electrons. The van der Waals surface area contributed by atoms with E-state index in [0.29, 0.717) is 16.5 Å². The summed E-state index contributed by atoms with van der Waals surface area (Å²) in [5.74, 6) is 0.0433. The maximum atomic E-state index is 11.0. The van der Waals surface area contributed by atoms with Gasteiger partial charge in [0, 0.05) is 5.69 Å². The first-order valence-corrected chi connectivity index (χ1v) is 12.3. The normalized spacial score (nSPS) is 8.95. The van der Waals surface area contributed by atoms with Gasteiger partial charge >= 0.3 is 150 Å². The van der Waals surface area contributed by atoms with Crippen molar-refractivity contribution in [3.8, 4) is 5.75 Å². The van der Waals surface area contributed by atoms with Crippen LogP contribution in [0.25, 0.3) is 10.8 Å². The summed E-state index contributed by atoms with van der Waals surface area (Å²) < 4.78 is 109. The molecule has 3 aromatic carbocycles. The van der Waals surface area contributed by atoms with E-state index in [-0.39, 0.29) is 130 Å². The molecular weight excluding hydrogens is 648 g/mol. The number of fused-ring (bicyclic) bond motifs is 1. The number of nitrogens with zero attached hydrogens (tertiary/aromatic N) is 2. The number of hydrogen-bond acceptors (Lipinski definition) is 15. The van der Waals surface area contributed by atoms with E-state index < -0.39 is 46.8 Å². The molecule has 0 spiro atoms. The molecule has 0 aliphatic heterocycles. The summed E-state index contributed by atoms with van der Waals surface area (Å²) in [4.78, 5) is -0.400. The average molecular weight is 656 g/mol. The molecule has 39 heavy (non-hydrogen) atoms. The van der Waals surface area contributed by atoms with Gasteiger partial charge in [0.2, 0.25) is 0 Å². The Kier molecular flexibility index (Phi) is 32.3. The van der Waals surface area contributed by atoms with Crippen LogP contribution in [0.1, 0.15) is 0 Å². The van der Waals surface area contributed by atoms with Crippen LogP contribution in [0.2, 0.25) is 0 Å². The zero-order chi connectivity index (χ0) is 27.2. The van der Waals surface area contributed by atoms with Gasteiger partial charge in [-0.25, -0.2) is 25.7 Å². The van der Waals surface area contributed by atoms with Gasteiger partial charge in [-0.3, -0.25) is 11.5 Å². The second kappa shape index (κ2) is 25.8. The minimum Gasteiger partial charge on any atom is -0.746 e. The third-order valence-electron chi connectivity index (χ3n) is 3.00. The molecule has 0 saturated heterocycles. The van der Waals surface area contributed by atoms with Crippen LogP contribution >= 0.6 is 0 Å². The van der Waals surface area contributed by atoms with Crippen LogP contribution in [0, 0.1) is 18.2 Å². The number of aromatic hydroxyl groups is 1. The molecule has 0 saturated carbocycles. The Hall–Kier alpha value is 0.0900. The third-order valence-corrected chi connectivity index (χ3v) is 3.83. The maximum Gasteiger partial charge on any atom is 1.00 e. The van der Waals surface area contributed by atoms with E-state index in [9.17, 15) is 18.1 Å². The minimum absolute atomic E-state index is 0. The first kappa shape index (κ1) is 48.8. The molecule has 0 radical (unpaired) electrons. The smallest absolute Gasteiger partial charge is 0.746 e. The van der Waals surface area contributed by atoms with E-state index in [0.717, 1.165) is 12.1 Å².